The topological polar surface area (TPSA) is 26.3 Å². The van der Waals surface area contributed by atoms with Crippen LogP contribution in [0.25, 0.3) is 0 Å². The van der Waals surface area contributed by atoms with Gasteiger partial charge >= 0.3 is 5.97 Å². The Hall–Kier alpha value is -1.64. The summed E-state index contributed by atoms with van der Waals surface area (Å²) in [7, 11) is 0. The van der Waals surface area contributed by atoms with E-state index in [2.05, 4.69) is 6.58 Å². The van der Waals surface area contributed by atoms with Gasteiger partial charge in [-0.3, -0.25) is 0 Å². The molecule has 1 atom stereocenters. The highest BCUT2D eigenvalue weighted by Gasteiger charge is 2.22. The molecule has 0 saturated heterocycles. The average Bonchev–Trinajstić information content (AvgIpc) is 2.28. The average molecular weight is 222 g/mol. The van der Waals surface area contributed by atoms with Crippen molar-refractivity contribution < 1.29 is 13.9 Å². The first kappa shape index (κ1) is 12.4. The lowest BCUT2D eigenvalue weighted by atomic mass is 10.00. The predicted molar refractivity (Wildman–Crippen MR) is 60.8 cm³/mol. The standard InChI is InChI=1S/C13H15FO2/c1-4-16-13(15)10(3)12(14)11-8-6-5-7-9(11)2/h5-8,12H,3-4H2,1-2H3. The Labute approximate surface area is 94.7 Å². The van der Waals surface area contributed by atoms with Gasteiger partial charge in [-0.1, -0.05) is 30.8 Å². The number of esters is 1. The molecular weight excluding hydrogens is 207 g/mol. The third-order valence-corrected chi connectivity index (χ3v) is 2.31. The molecule has 1 aromatic rings. The highest BCUT2D eigenvalue weighted by Crippen LogP contribution is 2.27. The van der Waals surface area contributed by atoms with E-state index < -0.39 is 12.1 Å². The number of ether oxygens (including phenoxy) is 1. The molecule has 0 aliphatic heterocycles. The van der Waals surface area contributed by atoms with E-state index >= 15 is 0 Å². The lowest BCUT2D eigenvalue weighted by molar-refractivity contribution is -0.139. The molecule has 1 unspecified atom stereocenters. The largest absolute Gasteiger partial charge is 0.463 e. The molecule has 0 bridgehead atoms. The fraction of sp³-hybridized carbons (Fsp3) is 0.308. The molecule has 3 heteroatoms. The van der Waals surface area contributed by atoms with Crippen molar-refractivity contribution in [3.05, 3.63) is 47.5 Å². The van der Waals surface area contributed by atoms with Crippen LogP contribution in [0.1, 0.15) is 24.2 Å². The number of alkyl halides is 1. The molecule has 2 nitrogen and oxygen atoms in total. The number of carbonyl (C=O) groups excluding carboxylic acids is 1. The Kier molecular flexibility index (Phi) is 4.23. The van der Waals surface area contributed by atoms with Gasteiger partial charge in [0.2, 0.25) is 0 Å². The summed E-state index contributed by atoms with van der Waals surface area (Å²) in [5.41, 5.74) is 1.09. The van der Waals surface area contributed by atoms with E-state index in [0.29, 0.717) is 5.56 Å². The van der Waals surface area contributed by atoms with Crippen LogP contribution < -0.4 is 0 Å². The lowest BCUT2D eigenvalue weighted by Crippen LogP contribution is -2.12. The zero-order chi connectivity index (χ0) is 12.1. The lowest BCUT2D eigenvalue weighted by Gasteiger charge is -2.12. The normalized spacial score (nSPS) is 11.9. The molecular formula is C13H15FO2. The minimum atomic E-state index is -1.50. The minimum absolute atomic E-state index is 0.156. The molecule has 0 spiro atoms. The van der Waals surface area contributed by atoms with E-state index in [9.17, 15) is 9.18 Å². The van der Waals surface area contributed by atoms with Crippen LogP contribution >= 0.6 is 0 Å². The molecule has 0 saturated carbocycles. The molecule has 0 fully saturated rings. The summed E-state index contributed by atoms with van der Waals surface area (Å²) < 4.78 is 18.7. The van der Waals surface area contributed by atoms with Gasteiger partial charge < -0.3 is 4.74 Å². The molecule has 0 N–H and O–H groups in total. The Bertz CT molecular complexity index is 399. The highest BCUT2D eigenvalue weighted by atomic mass is 19.1. The zero-order valence-electron chi connectivity index (χ0n) is 9.50. The van der Waals surface area contributed by atoms with Gasteiger partial charge in [0.1, 0.15) is 0 Å². The second kappa shape index (κ2) is 5.45. The number of rotatable bonds is 4. The van der Waals surface area contributed by atoms with Crippen molar-refractivity contribution in [3.63, 3.8) is 0 Å². The molecule has 1 rings (SSSR count). The molecule has 0 amide bonds. The van der Waals surface area contributed by atoms with Crippen molar-refractivity contribution in [2.75, 3.05) is 6.61 Å². The van der Waals surface area contributed by atoms with Gasteiger partial charge in [-0.25, -0.2) is 9.18 Å². The minimum Gasteiger partial charge on any atom is -0.463 e. The summed E-state index contributed by atoms with van der Waals surface area (Å²) in [5, 5.41) is 0. The first-order valence-electron chi connectivity index (χ1n) is 5.13. The van der Waals surface area contributed by atoms with Crippen LogP contribution in [-0.2, 0) is 9.53 Å². The maximum atomic E-state index is 14.0. The first-order chi connectivity index (χ1) is 7.57. The molecule has 0 aliphatic carbocycles. The van der Waals surface area contributed by atoms with E-state index in [-0.39, 0.29) is 12.2 Å². The molecule has 1 aromatic carbocycles. The number of carbonyl (C=O) groups is 1. The Morgan fingerprint density at radius 2 is 2.12 bits per heavy atom. The van der Waals surface area contributed by atoms with E-state index in [1.807, 2.05) is 6.07 Å². The monoisotopic (exact) mass is 222 g/mol. The predicted octanol–water partition coefficient (Wildman–Crippen LogP) is 3.12. The first-order valence-corrected chi connectivity index (χ1v) is 5.13. The van der Waals surface area contributed by atoms with Crippen molar-refractivity contribution in [3.8, 4) is 0 Å². The van der Waals surface area contributed by atoms with Crippen molar-refractivity contribution in [2.45, 2.75) is 20.0 Å². The van der Waals surface area contributed by atoms with Crippen molar-refractivity contribution in [1.82, 2.24) is 0 Å². The Morgan fingerprint density at radius 1 is 1.50 bits per heavy atom. The number of aryl methyl sites for hydroxylation is 1. The van der Waals surface area contributed by atoms with Crippen LogP contribution in [0.2, 0.25) is 0 Å². The summed E-state index contributed by atoms with van der Waals surface area (Å²) in [6, 6.07) is 6.98. The third-order valence-electron chi connectivity index (χ3n) is 2.31. The van der Waals surface area contributed by atoms with Gasteiger partial charge in [0, 0.05) is 0 Å². The van der Waals surface area contributed by atoms with Gasteiger partial charge in [-0.05, 0) is 25.0 Å². The molecule has 0 aromatic heterocycles. The molecule has 0 heterocycles. The summed E-state index contributed by atoms with van der Waals surface area (Å²) in [5.74, 6) is -0.682. The van der Waals surface area contributed by atoms with Crippen LogP contribution in [0.5, 0.6) is 0 Å². The Balaban J connectivity index is 2.86. The van der Waals surface area contributed by atoms with Crippen molar-refractivity contribution in [1.29, 1.82) is 0 Å². The summed E-state index contributed by atoms with van der Waals surface area (Å²) in [6.45, 7) is 7.13. The Morgan fingerprint density at radius 3 is 2.69 bits per heavy atom. The molecule has 86 valence electrons. The van der Waals surface area contributed by atoms with Gasteiger partial charge in [-0.2, -0.15) is 0 Å². The SMILES string of the molecule is C=C(C(=O)OCC)C(F)c1ccccc1C. The van der Waals surface area contributed by atoms with Crippen LogP contribution in [-0.4, -0.2) is 12.6 Å². The van der Waals surface area contributed by atoms with Gasteiger partial charge in [0.25, 0.3) is 0 Å². The van der Waals surface area contributed by atoms with Crippen molar-refractivity contribution >= 4 is 5.97 Å². The summed E-state index contributed by atoms with van der Waals surface area (Å²) in [6.07, 6.45) is -1.50. The zero-order valence-corrected chi connectivity index (χ0v) is 9.50. The van der Waals surface area contributed by atoms with Crippen LogP contribution in [0.4, 0.5) is 4.39 Å². The van der Waals surface area contributed by atoms with Gasteiger partial charge in [0.15, 0.2) is 6.17 Å². The van der Waals surface area contributed by atoms with Crippen molar-refractivity contribution in [2.24, 2.45) is 0 Å². The second-order valence-electron chi connectivity index (χ2n) is 3.46. The van der Waals surface area contributed by atoms with E-state index in [1.54, 1.807) is 32.0 Å². The van der Waals surface area contributed by atoms with E-state index in [1.165, 1.54) is 0 Å². The molecule has 0 aliphatic rings. The van der Waals surface area contributed by atoms with Crippen LogP contribution in [0, 0.1) is 6.92 Å². The third kappa shape index (κ3) is 2.69. The fourth-order valence-corrected chi connectivity index (χ4v) is 1.39. The maximum Gasteiger partial charge on any atom is 0.336 e. The molecule has 16 heavy (non-hydrogen) atoms. The van der Waals surface area contributed by atoms with Crippen LogP contribution in [0.15, 0.2) is 36.4 Å². The second-order valence-corrected chi connectivity index (χ2v) is 3.46. The molecule has 0 radical (unpaired) electrons. The summed E-state index contributed by atoms with van der Waals surface area (Å²) >= 11 is 0. The van der Waals surface area contributed by atoms with Crippen LogP contribution in [0.3, 0.4) is 0 Å². The fourth-order valence-electron chi connectivity index (χ4n) is 1.39. The number of hydrogen-bond acceptors (Lipinski definition) is 2. The summed E-state index contributed by atoms with van der Waals surface area (Å²) in [4.78, 5) is 11.3. The maximum absolute atomic E-state index is 14.0. The number of benzene rings is 1. The smallest absolute Gasteiger partial charge is 0.336 e. The quantitative estimate of drug-likeness (QED) is 0.578. The van der Waals surface area contributed by atoms with E-state index in [4.69, 9.17) is 4.74 Å². The van der Waals surface area contributed by atoms with Gasteiger partial charge in [-0.15, -0.1) is 0 Å². The highest BCUT2D eigenvalue weighted by molar-refractivity contribution is 5.89. The van der Waals surface area contributed by atoms with Gasteiger partial charge in [0.05, 0.1) is 12.2 Å². The van der Waals surface area contributed by atoms with E-state index in [0.717, 1.165) is 5.56 Å². The number of halogens is 1. The number of hydrogen-bond donors (Lipinski definition) is 0.